The van der Waals surface area contributed by atoms with Gasteiger partial charge in [0.1, 0.15) is 50.5 Å². The van der Waals surface area contributed by atoms with Crippen LogP contribution < -0.4 is 16.3 Å². The van der Waals surface area contributed by atoms with Crippen molar-refractivity contribution in [2.45, 2.75) is 92.3 Å². The van der Waals surface area contributed by atoms with E-state index in [4.69, 9.17) is 18.9 Å². The van der Waals surface area contributed by atoms with Gasteiger partial charge in [-0.15, -0.1) is 0 Å². The first kappa shape index (κ1) is 51.4. The van der Waals surface area contributed by atoms with Gasteiger partial charge in [-0.2, -0.15) is 4.98 Å². The van der Waals surface area contributed by atoms with Gasteiger partial charge in [0.15, 0.2) is 0 Å². The molecule has 66 heavy (non-hydrogen) atoms. The number of anilines is 1. The first-order valence-corrected chi connectivity index (χ1v) is 21.3. The molecule has 19 heteroatoms. The van der Waals surface area contributed by atoms with E-state index in [0.29, 0.717) is 11.1 Å². The van der Waals surface area contributed by atoms with E-state index in [9.17, 15) is 43.8 Å². The summed E-state index contributed by atoms with van der Waals surface area (Å²) in [5.74, 6) is -5.35. The number of carbonyl (C=O) groups is 6. The average molecular weight is 915 g/mol. The first-order valence-electron chi connectivity index (χ1n) is 21.3. The number of aromatic nitrogens is 2. The third-order valence-electron chi connectivity index (χ3n) is 10.1. The predicted molar refractivity (Wildman–Crippen MR) is 240 cm³/mol. The molecule has 1 aromatic heterocycles. The summed E-state index contributed by atoms with van der Waals surface area (Å²) in [6.07, 6.45) is -3.05. The number of hydrogen-bond acceptors (Lipinski definition) is 12. The molecule has 354 valence electrons. The summed E-state index contributed by atoms with van der Waals surface area (Å²) in [6.45, 7) is 7.56. The Bertz CT molecular complexity index is 2190. The standard InChI is InChI=1S/C47H58N6O13/c1-30(2)38(50-45(60)63-26-33-16-10-7-11-17-33)41(54)48-37-22-23-51(44(59)49-37)29-66-36(24-52(39(31(3)4)42(55)56)46(61)64-27-34-18-12-8-13-19-34)25-53(40(32(5)6)43(57)58)47(62)65-28-35-20-14-9-15-21-35/h7-23,30-32,36,38-40H,24-29H2,1-6H3,(H,50,60)(H,55,56)(H,57,58)(H,48,49,54,59)/t38-,39-,40-/m0/s1. The third-order valence-corrected chi connectivity index (χ3v) is 10.1. The van der Waals surface area contributed by atoms with Crippen molar-refractivity contribution in [2.75, 3.05) is 18.4 Å². The molecule has 4 N–H and O–H groups in total. The highest BCUT2D eigenvalue weighted by atomic mass is 16.6. The van der Waals surface area contributed by atoms with Crippen molar-refractivity contribution in [1.29, 1.82) is 0 Å². The molecule has 0 spiro atoms. The number of nitrogens with zero attached hydrogens (tertiary/aromatic N) is 4. The Morgan fingerprint density at radius 1 is 0.621 bits per heavy atom. The van der Waals surface area contributed by atoms with Crippen LogP contribution in [0, 0.1) is 17.8 Å². The molecule has 0 aliphatic carbocycles. The monoisotopic (exact) mass is 914 g/mol. The maximum Gasteiger partial charge on any atom is 0.410 e. The number of nitrogens with one attached hydrogen (secondary N) is 2. The summed E-state index contributed by atoms with van der Waals surface area (Å²) in [5.41, 5.74) is 1.06. The number of carbonyl (C=O) groups excluding carboxylic acids is 4. The molecule has 0 fully saturated rings. The smallest absolute Gasteiger partial charge is 0.410 e. The molecule has 19 nitrogen and oxygen atoms in total. The number of ether oxygens (including phenoxy) is 4. The topological polar surface area (TPSA) is 245 Å². The SMILES string of the molecule is CC(C)[C@H](NC(=O)OCc1ccccc1)C(=O)Nc1ccn(COC(CN(C(=O)OCc2ccccc2)[C@H](C(=O)O)C(C)C)CN(C(=O)OCc2ccccc2)[C@H](C(=O)O)C(C)C)c(=O)n1. The highest BCUT2D eigenvalue weighted by Crippen LogP contribution is 2.20. The highest BCUT2D eigenvalue weighted by molar-refractivity contribution is 5.96. The van der Waals surface area contributed by atoms with Crippen LogP contribution in [-0.4, -0.2) is 103 Å². The van der Waals surface area contributed by atoms with Crippen LogP contribution in [0.3, 0.4) is 0 Å². The lowest BCUT2D eigenvalue weighted by molar-refractivity contribution is -0.146. The molecule has 4 amide bonds. The number of aliphatic carboxylic acids is 2. The Hall–Kier alpha value is -7.28. The lowest BCUT2D eigenvalue weighted by atomic mass is 10.0. The van der Waals surface area contributed by atoms with Crippen LogP contribution in [0.4, 0.5) is 20.2 Å². The summed E-state index contributed by atoms with van der Waals surface area (Å²) in [4.78, 5) is 98.4. The minimum absolute atomic E-state index is 0.0235. The number of rotatable bonds is 23. The number of amides is 4. The van der Waals surface area contributed by atoms with Crippen LogP contribution in [0.1, 0.15) is 58.2 Å². The van der Waals surface area contributed by atoms with Gasteiger partial charge in [-0.05, 0) is 40.5 Å². The summed E-state index contributed by atoms with van der Waals surface area (Å²) < 4.78 is 23.6. The molecular formula is C47H58N6O13. The molecule has 4 rings (SSSR count). The zero-order chi connectivity index (χ0) is 48.3. The molecule has 0 unspecified atom stereocenters. The fourth-order valence-corrected chi connectivity index (χ4v) is 6.78. The number of carboxylic acids is 2. The lowest BCUT2D eigenvalue weighted by Gasteiger charge is -2.37. The molecule has 1 heterocycles. The fourth-order valence-electron chi connectivity index (χ4n) is 6.78. The Morgan fingerprint density at radius 3 is 1.42 bits per heavy atom. The van der Waals surface area contributed by atoms with E-state index in [-0.39, 0.29) is 25.6 Å². The Morgan fingerprint density at radius 2 is 1.05 bits per heavy atom. The largest absolute Gasteiger partial charge is 0.480 e. The second kappa shape index (κ2) is 25.3. The van der Waals surface area contributed by atoms with Crippen LogP contribution in [0.15, 0.2) is 108 Å². The van der Waals surface area contributed by atoms with Gasteiger partial charge in [-0.25, -0.2) is 28.8 Å². The molecule has 3 aromatic carbocycles. The van der Waals surface area contributed by atoms with Gasteiger partial charge in [0.2, 0.25) is 5.91 Å². The van der Waals surface area contributed by atoms with E-state index >= 15 is 0 Å². The van der Waals surface area contributed by atoms with Crippen LogP contribution in [0.2, 0.25) is 0 Å². The minimum atomic E-state index is -1.49. The molecule has 0 radical (unpaired) electrons. The van der Waals surface area contributed by atoms with Gasteiger partial charge < -0.3 is 39.8 Å². The molecule has 0 saturated heterocycles. The minimum Gasteiger partial charge on any atom is -0.480 e. The zero-order valence-electron chi connectivity index (χ0n) is 37.8. The van der Waals surface area contributed by atoms with Gasteiger partial charge in [0.05, 0.1) is 19.2 Å². The van der Waals surface area contributed by atoms with Gasteiger partial charge in [0.25, 0.3) is 0 Å². The average Bonchev–Trinajstić information content (AvgIpc) is 3.27. The van der Waals surface area contributed by atoms with Crippen LogP contribution in [0.25, 0.3) is 0 Å². The van der Waals surface area contributed by atoms with E-state index in [1.807, 2.05) is 6.07 Å². The molecule has 4 aromatic rings. The predicted octanol–water partition coefficient (Wildman–Crippen LogP) is 5.97. The van der Waals surface area contributed by atoms with Gasteiger partial charge in [-0.1, -0.05) is 133 Å². The number of benzene rings is 3. The van der Waals surface area contributed by atoms with Gasteiger partial charge in [-0.3, -0.25) is 19.2 Å². The Kier molecular flexibility index (Phi) is 19.7. The van der Waals surface area contributed by atoms with E-state index in [0.717, 1.165) is 19.9 Å². The van der Waals surface area contributed by atoms with Crippen LogP contribution >= 0.6 is 0 Å². The number of hydrogen-bond donors (Lipinski definition) is 4. The lowest BCUT2D eigenvalue weighted by Crippen LogP contribution is -2.56. The first-order chi connectivity index (χ1) is 31.4. The number of alkyl carbamates (subject to hydrolysis) is 1. The van der Waals surface area contributed by atoms with Crippen LogP contribution in [0.5, 0.6) is 0 Å². The summed E-state index contributed by atoms with van der Waals surface area (Å²) in [5, 5.41) is 25.8. The van der Waals surface area contributed by atoms with Gasteiger partial charge in [0, 0.05) is 6.20 Å². The molecule has 3 atom stereocenters. The van der Waals surface area contributed by atoms with Crippen molar-refractivity contribution < 1.29 is 57.9 Å². The zero-order valence-corrected chi connectivity index (χ0v) is 37.8. The molecular weight excluding hydrogens is 857 g/mol. The Labute approximate surface area is 382 Å². The van der Waals surface area contributed by atoms with Crippen molar-refractivity contribution in [1.82, 2.24) is 24.7 Å². The molecule has 0 aliphatic heterocycles. The molecule has 0 aliphatic rings. The summed E-state index contributed by atoms with van der Waals surface area (Å²) in [6, 6.07) is 23.6. The Balaban J connectivity index is 1.62. The summed E-state index contributed by atoms with van der Waals surface area (Å²) >= 11 is 0. The quantitative estimate of drug-likeness (QED) is 0.0627. The van der Waals surface area contributed by atoms with E-state index in [2.05, 4.69) is 15.6 Å². The maximum absolute atomic E-state index is 13.9. The van der Waals surface area contributed by atoms with Crippen molar-refractivity contribution in [3.8, 4) is 0 Å². The van der Waals surface area contributed by atoms with Crippen LogP contribution in [-0.2, 0) is 59.9 Å². The fraction of sp³-hybridized carbons (Fsp3) is 0.404. The summed E-state index contributed by atoms with van der Waals surface area (Å²) in [7, 11) is 0. The van der Waals surface area contributed by atoms with Gasteiger partial charge >= 0.3 is 35.9 Å². The van der Waals surface area contributed by atoms with E-state index < -0.39 is 104 Å². The third kappa shape index (κ3) is 15.8. The normalized spacial score (nSPS) is 12.5. The second-order valence-electron chi connectivity index (χ2n) is 16.3. The molecule has 0 bridgehead atoms. The molecule has 0 saturated carbocycles. The maximum atomic E-state index is 13.9. The van der Waals surface area contributed by atoms with Crippen molar-refractivity contribution >= 4 is 41.9 Å². The number of carboxylic acid groups (broad SMARTS) is 2. The van der Waals surface area contributed by atoms with Crippen molar-refractivity contribution in [3.05, 3.63) is 130 Å². The van der Waals surface area contributed by atoms with Crippen molar-refractivity contribution in [3.63, 3.8) is 0 Å². The van der Waals surface area contributed by atoms with E-state index in [1.165, 1.54) is 12.3 Å². The van der Waals surface area contributed by atoms with E-state index in [1.54, 1.807) is 126 Å². The second-order valence-corrected chi connectivity index (χ2v) is 16.3. The van der Waals surface area contributed by atoms with Crippen molar-refractivity contribution in [2.24, 2.45) is 17.8 Å². The highest BCUT2D eigenvalue weighted by Gasteiger charge is 2.39.